The summed E-state index contributed by atoms with van der Waals surface area (Å²) in [7, 11) is 0. The summed E-state index contributed by atoms with van der Waals surface area (Å²) in [5.74, 6) is 0.0986. The third-order valence-corrected chi connectivity index (χ3v) is 4.34. The number of ether oxygens (including phenoxy) is 1. The molecule has 0 unspecified atom stereocenters. The zero-order valence-electron chi connectivity index (χ0n) is 15.5. The molecule has 2 heterocycles. The smallest absolute Gasteiger partial charge is 0.354 e. The van der Waals surface area contributed by atoms with Crippen molar-refractivity contribution in [1.82, 2.24) is 19.4 Å². The standard InChI is InChI=1S/C17H29N5O4/c1-3-5-7-21(8-6-4-2)11-18-16-19-12-22(17(25)20-16)15-9-13(24)14(10-23)26-15/h11-15,23-24H,3-10H2,1-2H3/t13-,14+,15+/m0/s1. The second-order valence-corrected chi connectivity index (χ2v) is 6.45. The van der Waals surface area contributed by atoms with Gasteiger partial charge in [-0.1, -0.05) is 26.7 Å². The topological polar surface area (TPSA) is 113 Å². The zero-order valence-corrected chi connectivity index (χ0v) is 15.5. The normalized spacial score (nSPS) is 23.0. The van der Waals surface area contributed by atoms with E-state index in [1.54, 1.807) is 6.34 Å². The molecule has 0 radical (unpaired) electrons. The third kappa shape index (κ3) is 5.58. The Morgan fingerprint density at radius 1 is 1.38 bits per heavy atom. The monoisotopic (exact) mass is 367 g/mol. The molecule has 1 aromatic heterocycles. The minimum atomic E-state index is -0.819. The van der Waals surface area contributed by atoms with Gasteiger partial charge in [0.1, 0.15) is 18.7 Å². The molecule has 1 aliphatic rings. The molecular formula is C17H29N5O4. The van der Waals surface area contributed by atoms with E-state index in [1.807, 2.05) is 0 Å². The number of nitrogens with zero attached hydrogens (tertiary/aromatic N) is 5. The second kappa shape index (κ2) is 10.3. The predicted molar refractivity (Wildman–Crippen MR) is 97.5 cm³/mol. The maximum absolute atomic E-state index is 12.2. The Morgan fingerprint density at radius 3 is 2.62 bits per heavy atom. The Bertz CT molecular complexity index is 628. The molecular weight excluding hydrogens is 338 g/mol. The van der Waals surface area contributed by atoms with Crippen LogP contribution in [-0.4, -0.2) is 67.9 Å². The van der Waals surface area contributed by atoms with E-state index in [-0.39, 0.29) is 19.0 Å². The number of aromatic nitrogens is 3. The summed E-state index contributed by atoms with van der Waals surface area (Å²) in [6.07, 6.45) is 5.38. The van der Waals surface area contributed by atoms with Gasteiger partial charge >= 0.3 is 5.69 Å². The Morgan fingerprint density at radius 2 is 2.08 bits per heavy atom. The van der Waals surface area contributed by atoms with Crippen LogP contribution in [0, 0.1) is 0 Å². The second-order valence-electron chi connectivity index (χ2n) is 6.45. The van der Waals surface area contributed by atoms with Crippen molar-refractivity contribution in [3.05, 3.63) is 16.8 Å². The SMILES string of the molecule is CCCCN(C=Nc1ncn([C@H]2C[C@H](O)[C@@H](CO)O2)c(=O)n1)CCCC. The maximum atomic E-state index is 12.2. The molecule has 1 saturated heterocycles. The molecule has 26 heavy (non-hydrogen) atoms. The Balaban J connectivity index is 2.05. The highest BCUT2D eigenvalue weighted by molar-refractivity contribution is 5.58. The average Bonchev–Trinajstić information content (AvgIpc) is 3.01. The van der Waals surface area contributed by atoms with E-state index in [4.69, 9.17) is 9.84 Å². The van der Waals surface area contributed by atoms with Gasteiger partial charge in [0.25, 0.3) is 5.95 Å². The summed E-state index contributed by atoms with van der Waals surface area (Å²) >= 11 is 0. The number of unbranched alkanes of at least 4 members (excludes halogenated alkanes) is 2. The van der Waals surface area contributed by atoms with Crippen LogP contribution in [0.1, 0.15) is 52.2 Å². The molecule has 0 aromatic carbocycles. The van der Waals surface area contributed by atoms with Crippen LogP contribution in [0.2, 0.25) is 0 Å². The molecule has 2 rings (SSSR count). The molecule has 3 atom stereocenters. The molecule has 2 N–H and O–H groups in total. The summed E-state index contributed by atoms with van der Waals surface area (Å²) in [6, 6.07) is 0. The summed E-state index contributed by atoms with van der Waals surface area (Å²) in [4.78, 5) is 26.5. The zero-order chi connectivity index (χ0) is 18.9. The third-order valence-electron chi connectivity index (χ3n) is 4.34. The summed E-state index contributed by atoms with van der Waals surface area (Å²) in [5.41, 5.74) is -0.545. The van der Waals surface area contributed by atoms with Crippen LogP contribution in [0.5, 0.6) is 0 Å². The molecule has 0 aliphatic carbocycles. The predicted octanol–water partition coefficient (Wildman–Crippen LogP) is 0.841. The van der Waals surface area contributed by atoms with E-state index < -0.39 is 24.1 Å². The maximum Gasteiger partial charge on any atom is 0.354 e. The first-order valence-corrected chi connectivity index (χ1v) is 9.26. The van der Waals surface area contributed by atoms with Crippen LogP contribution in [0.15, 0.2) is 16.1 Å². The molecule has 0 saturated carbocycles. The van der Waals surface area contributed by atoms with Crippen molar-refractivity contribution in [2.75, 3.05) is 19.7 Å². The quantitative estimate of drug-likeness (QED) is 0.465. The minimum Gasteiger partial charge on any atom is -0.394 e. The molecule has 146 valence electrons. The number of aliphatic hydroxyl groups excluding tert-OH is 2. The Hall–Kier alpha value is -1.84. The first-order chi connectivity index (χ1) is 12.6. The fraction of sp³-hybridized carbons (Fsp3) is 0.765. The Labute approximate surface area is 153 Å². The lowest BCUT2D eigenvalue weighted by Crippen LogP contribution is -2.28. The summed E-state index contributed by atoms with van der Waals surface area (Å²) in [6.45, 7) is 5.80. The van der Waals surface area contributed by atoms with E-state index in [0.29, 0.717) is 0 Å². The van der Waals surface area contributed by atoms with Gasteiger partial charge in [-0.25, -0.2) is 14.8 Å². The van der Waals surface area contributed by atoms with Gasteiger partial charge in [0.05, 0.1) is 19.0 Å². The van der Waals surface area contributed by atoms with E-state index in [0.717, 1.165) is 38.8 Å². The van der Waals surface area contributed by atoms with E-state index in [9.17, 15) is 9.90 Å². The van der Waals surface area contributed by atoms with Crippen molar-refractivity contribution >= 4 is 12.3 Å². The van der Waals surface area contributed by atoms with Crippen LogP contribution < -0.4 is 5.69 Å². The molecule has 0 amide bonds. The van der Waals surface area contributed by atoms with Crippen LogP contribution in [0.4, 0.5) is 5.95 Å². The largest absolute Gasteiger partial charge is 0.394 e. The van der Waals surface area contributed by atoms with Gasteiger partial charge in [0.15, 0.2) is 0 Å². The van der Waals surface area contributed by atoms with E-state index >= 15 is 0 Å². The highest BCUT2D eigenvalue weighted by atomic mass is 16.5. The van der Waals surface area contributed by atoms with Gasteiger partial charge < -0.3 is 19.8 Å². The lowest BCUT2D eigenvalue weighted by Gasteiger charge is -2.18. The number of aliphatic hydroxyl groups is 2. The fourth-order valence-corrected chi connectivity index (χ4v) is 2.73. The first-order valence-electron chi connectivity index (χ1n) is 9.26. The minimum absolute atomic E-state index is 0.0986. The van der Waals surface area contributed by atoms with Crippen molar-refractivity contribution in [1.29, 1.82) is 0 Å². The van der Waals surface area contributed by atoms with E-state index in [2.05, 4.69) is 33.7 Å². The highest BCUT2D eigenvalue weighted by Crippen LogP contribution is 2.27. The molecule has 9 heteroatoms. The van der Waals surface area contributed by atoms with Gasteiger partial charge in [-0.05, 0) is 12.8 Å². The van der Waals surface area contributed by atoms with Crippen molar-refractivity contribution in [3.8, 4) is 0 Å². The fourth-order valence-electron chi connectivity index (χ4n) is 2.73. The number of rotatable bonds is 10. The van der Waals surface area contributed by atoms with E-state index in [1.165, 1.54) is 10.9 Å². The van der Waals surface area contributed by atoms with Crippen molar-refractivity contribution in [2.45, 2.75) is 64.4 Å². The molecule has 0 bridgehead atoms. The van der Waals surface area contributed by atoms with Gasteiger partial charge in [0, 0.05) is 19.5 Å². The first kappa shape index (κ1) is 20.5. The van der Waals surface area contributed by atoms with Crippen LogP contribution in [0.25, 0.3) is 0 Å². The summed E-state index contributed by atoms with van der Waals surface area (Å²) in [5, 5.41) is 18.9. The average molecular weight is 367 g/mol. The van der Waals surface area contributed by atoms with Crippen molar-refractivity contribution in [2.24, 2.45) is 4.99 Å². The van der Waals surface area contributed by atoms with Gasteiger partial charge in [0.2, 0.25) is 0 Å². The summed E-state index contributed by atoms with van der Waals surface area (Å²) < 4.78 is 6.66. The van der Waals surface area contributed by atoms with Crippen LogP contribution >= 0.6 is 0 Å². The van der Waals surface area contributed by atoms with Crippen molar-refractivity contribution in [3.63, 3.8) is 0 Å². The van der Waals surface area contributed by atoms with Crippen LogP contribution in [0.3, 0.4) is 0 Å². The molecule has 1 aliphatic heterocycles. The lowest BCUT2D eigenvalue weighted by atomic mass is 10.2. The van der Waals surface area contributed by atoms with Crippen molar-refractivity contribution < 1.29 is 14.9 Å². The molecule has 0 spiro atoms. The molecule has 9 nitrogen and oxygen atoms in total. The number of hydrogen-bond donors (Lipinski definition) is 2. The van der Waals surface area contributed by atoms with Gasteiger partial charge in [-0.15, -0.1) is 0 Å². The van der Waals surface area contributed by atoms with Gasteiger partial charge in [-0.3, -0.25) is 4.57 Å². The number of aliphatic imine (C=N–C) groups is 1. The Kier molecular flexibility index (Phi) is 8.14. The number of hydrogen-bond acceptors (Lipinski definition) is 7. The van der Waals surface area contributed by atoms with Crippen LogP contribution in [-0.2, 0) is 4.74 Å². The molecule has 1 aromatic rings. The lowest BCUT2D eigenvalue weighted by molar-refractivity contribution is -0.0462. The van der Waals surface area contributed by atoms with Gasteiger partial charge in [-0.2, -0.15) is 4.98 Å². The molecule has 1 fully saturated rings. The highest BCUT2D eigenvalue weighted by Gasteiger charge is 2.35.